The molecule has 0 spiro atoms. The zero-order chi connectivity index (χ0) is 13.0. The van der Waals surface area contributed by atoms with Gasteiger partial charge in [0.2, 0.25) is 0 Å². The first-order valence-corrected chi connectivity index (χ1v) is 5.79. The van der Waals surface area contributed by atoms with Crippen molar-refractivity contribution in [3.05, 3.63) is 52.6 Å². The van der Waals surface area contributed by atoms with Crippen LogP contribution in [-0.4, -0.2) is 9.97 Å². The topological polar surface area (TPSA) is 61.6 Å². The summed E-state index contributed by atoms with van der Waals surface area (Å²) >= 11 is 5.86. The Morgan fingerprint density at radius 1 is 1.39 bits per heavy atom. The fraction of sp³-hybridized carbons (Fsp3) is 0.154. The predicted octanol–water partition coefficient (Wildman–Crippen LogP) is 2.92. The molecule has 0 saturated heterocycles. The number of nitrogens with one attached hydrogen (secondary N) is 1. The molecule has 0 atom stereocenters. The van der Waals surface area contributed by atoms with Gasteiger partial charge in [0, 0.05) is 11.9 Å². The van der Waals surface area contributed by atoms with E-state index in [0.29, 0.717) is 17.1 Å². The van der Waals surface area contributed by atoms with Crippen LogP contribution in [0.2, 0.25) is 5.02 Å². The van der Waals surface area contributed by atoms with Gasteiger partial charge in [-0.25, -0.2) is 9.97 Å². The van der Waals surface area contributed by atoms with Crippen LogP contribution < -0.4 is 5.32 Å². The van der Waals surface area contributed by atoms with Crippen molar-refractivity contribution in [2.45, 2.75) is 13.5 Å². The number of halogens is 1. The summed E-state index contributed by atoms with van der Waals surface area (Å²) in [5.41, 5.74) is 2.20. The standard InChI is InChI=1S/C13H11ClN4/c1-9-16-5-4-12(18-9)8-17-11-2-3-13(14)10(6-11)7-15/h2-6,17H,8H2,1H3. The molecule has 0 fully saturated rings. The minimum Gasteiger partial charge on any atom is -0.379 e. The highest BCUT2D eigenvalue weighted by Crippen LogP contribution is 2.19. The molecular formula is C13H11ClN4. The Labute approximate surface area is 110 Å². The Morgan fingerprint density at radius 3 is 2.94 bits per heavy atom. The maximum Gasteiger partial charge on any atom is 0.125 e. The SMILES string of the molecule is Cc1nccc(CNc2ccc(Cl)c(C#N)c2)n1. The molecule has 0 bridgehead atoms. The van der Waals surface area contributed by atoms with Gasteiger partial charge in [-0.05, 0) is 31.2 Å². The summed E-state index contributed by atoms with van der Waals surface area (Å²) in [5, 5.41) is 12.5. The Kier molecular flexibility index (Phi) is 3.75. The van der Waals surface area contributed by atoms with Gasteiger partial charge in [-0.3, -0.25) is 0 Å². The molecule has 0 aliphatic carbocycles. The summed E-state index contributed by atoms with van der Waals surface area (Å²) in [6.45, 7) is 2.43. The molecule has 18 heavy (non-hydrogen) atoms. The Morgan fingerprint density at radius 2 is 2.22 bits per heavy atom. The van der Waals surface area contributed by atoms with Crippen LogP contribution in [0.5, 0.6) is 0 Å². The third-order valence-corrected chi connectivity index (χ3v) is 2.72. The second-order valence-electron chi connectivity index (χ2n) is 3.76. The van der Waals surface area contributed by atoms with E-state index < -0.39 is 0 Å². The third kappa shape index (κ3) is 2.96. The Hall–Kier alpha value is -2.12. The van der Waals surface area contributed by atoms with Crippen LogP contribution in [0.4, 0.5) is 5.69 Å². The van der Waals surface area contributed by atoms with Gasteiger partial charge in [-0.15, -0.1) is 0 Å². The summed E-state index contributed by atoms with van der Waals surface area (Å²) in [7, 11) is 0. The van der Waals surface area contributed by atoms with Crippen molar-refractivity contribution < 1.29 is 0 Å². The molecule has 1 N–H and O–H groups in total. The van der Waals surface area contributed by atoms with Gasteiger partial charge in [0.05, 0.1) is 22.8 Å². The molecule has 0 amide bonds. The Balaban J connectivity index is 2.09. The van der Waals surface area contributed by atoms with Crippen molar-refractivity contribution in [2.24, 2.45) is 0 Å². The Bertz CT molecular complexity index is 604. The van der Waals surface area contributed by atoms with Crippen LogP contribution in [-0.2, 0) is 6.54 Å². The first-order chi connectivity index (χ1) is 8.69. The molecule has 4 nitrogen and oxygen atoms in total. The summed E-state index contributed by atoms with van der Waals surface area (Å²) in [4.78, 5) is 8.32. The van der Waals surface area contributed by atoms with Crippen LogP contribution >= 0.6 is 11.6 Å². The summed E-state index contributed by atoms with van der Waals surface area (Å²) in [5.74, 6) is 0.739. The molecular weight excluding hydrogens is 248 g/mol. The van der Waals surface area contributed by atoms with Crippen LogP contribution in [0.25, 0.3) is 0 Å². The highest BCUT2D eigenvalue weighted by molar-refractivity contribution is 6.31. The first-order valence-electron chi connectivity index (χ1n) is 5.41. The van der Waals surface area contributed by atoms with Crippen molar-refractivity contribution in [2.75, 3.05) is 5.32 Å². The molecule has 2 aromatic rings. The van der Waals surface area contributed by atoms with E-state index in [-0.39, 0.29) is 0 Å². The maximum atomic E-state index is 8.88. The van der Waals surface area contributed by atoms with Crippen LogP contribution in [0.3, 0.4) is 0 Å². The minimum absolute atomic E-state index is 0.459. The summed E-state index contributed by atoms with van der Waals surface area (Å²) in [6, 6.07) is 9.14. The summed E-state index contributed by atoms with van der Waals surface area (Å²) in [6.07, 6.45) is 1.72. The zero-order valence-electron chi connectivity index (χ0n) is 9.81. The molecule has 0 radical (unpaired) electrons. The van der Waals surface area contributed by atoms with E-state index in [9.17, 15) is 0 Å². The number of aromatic nitrogens is 2. The number of hydrogen-bond donors (Lipinski definition) is 1. The fourth-order valence-corrected chi connectivity index (χ4v) is 1.68. The second-order valence-corrected chi connectivity index (χ2v) is 4.16. The van der Waals surface area contributed by atoms with Gasteiger partial charge >= 0.3 is 0 Å². The molecule has 0 unspecified atom stereocenters. The lowest BCUT2D eigenvalue weighted by Gasteiger charge is -2.07. The number of aryl methyl sites for hydroxylation is 1. The van der Waals surface area contributed by atoms with E-state index in [1.165, 1.54) is 0 Å². The van der Waals surface area contributed by atoms with E-state index in [2.05, 4.69) is 15.3 Å². The smallest absolute Gasteiger partial charge is 0.125 e. The number of benzene rings is 1. The molecule has 2 rings (SSSR count). The van der Waals surface area contributed by atoms with Gasteiger partial charge in [0.25, 0.3) is 0 Å². The number of anilines is 1. The van der Waals surface area contributed by atoms with Gasteiger partial charge in [0.15, 0.2) is 0 Å². The molecule has 5 heteroatoms. The molecule has 0 aliphatic heterocycles. The quantitative estimate of drug-likeness (QED) is 0.920. The van der Waals surface area contributed by atoms with Crippen LogP contribution in [0, 0.1) is 18.3 Å². The van der Waals surface area contributed by atoms with E-state index in [1.54, 1.807) is 18.3 Å². The molecule has 1 heterocycles. The number of hydrogen-bond acceptors (Lipinski definition) is 4. The van der Waals surface area contributed by atoms with E-state index in [0.717, 1.165) is 17.2 Å². The number of rotatable bonds is 3. The monoisotopic (exact) mass is 258 g/mol. The van der Waals surface area contributed by atoms with Crippen molar-refractivity contribution in [1.29, 1.82) is 5.26 Å². The predicted molar refractivity (Wildman–Crippen MR) is 70.3 cm³/mol. The first kappa shape index (κ1) is 12.3. The van der Waals surface area contributed by atoms with Gasteiger partial charge in [0.1, 0.15) is 11.9 Å². The zero-order valence-corrected chi connectivity index (χ0v) is 10.6. The lowest BCUT2D eigenvalue weighted by Crippen LogP contribution is -2.03. The highest BCUT2D eigenvalue weighted by atomic mass is 35.5. The molecule has 0 aliphatic rings. The summed E-state index contributed by atoms with van der Waals surface area (Å²) < 4.78 is 0. The minimum atomic E-state index is 0.459. The average molecular weight is 259 g/mol. The lowest BCUT2D eigenvalue weighted by atomic mass is 10.2. The normalized spacial score (nSPS) is 9.83. The molecule has 1 aromatic heterocycles. The fourth-order valence-electron chi connectivity index (χ4n) is 1.52. The van der Waals surface area contributed by atoms with E-state index >= 15 is 0 Å². The number of nitriles is 1. The largest absolute Gasteiger partial charge is 0.379 e. The van der Waals surface area contributed by atoms with Crippen molar-refractivity contribution in [1.82, 2.24) is 9.97 Å². The van der Waals surface area contributed by atoms with Crippen molar-refractivity contribution >= 4 is 17.3 Å². The molecule has 90 valence electrons. The van der Waals surface area contributed by atoms with Gasteiger partial charge in [-0.1, -0.05) is 11.6 Å². The van der Waals surface area contributed by atoms with Crippen LogP contribution in [0.15, 0.2) is 30.5 Å². The van der Waals surface area contributed by atoms with Crippen LogP contribution in [0.1, 0.15) is 17.1 Å². The number of nitrogens with zero attached hydrogens (tertiary/aromatic N) is 3. The highest BCUT2D eigenvalue weighted by Gasteiger charge is 2.01. The third-order valence-electron chi connectivity index (χ3n) is 2.39. The van der Waals surface area contributed by atoms with Crippen molar-refractivity contribution in [3.63, 3.8) is 0 Å². The van der Waals surface area contributed by atoms with E-state index in [4.69, 9.17) is 16.9 Å². The van der Waals surface area contributed by atoms with Gasteiger partial charge in [-0.2, -0.15) is 5.26 Å². The maximum absolute atomic E-state index is 8.88. The van der Waals surface area contributed by atoms with Crippen molar-refractivity contribution in [3.8, 4) is 6.07 Å². The van der Waals surface area contributed by atoms with E-state index in [1.807, 2.05) is 25.1 Å². The average Bonchev–Trinajstić information content (AvgIpc) is 2.38. The lowest BCUT2D eigenvalue weighted by molar-refractivity contribution is 0.955. The molecule has 1 aromatic carbocycles. The second kappa shape index (κ2) is 5.48. The molecule has 0 saturated carbocycles. The van der Waals surface area contributed by atoms with Gasteiger partial charge < -0.3 is 5.32 Å².